The van der Waals surface area contributed by atoms with E-state index in [9.17, 15) is 4.79 Å². The van der Waals surface area contributed by atoms with Gasteiger partial charge in [0.1, 0.15) is 0 Å². The van der Waals surface area contributed by atoms with Crippen molar-refractivity contribution in [2.75, 3.05) is 14.2 Å². The van der Waals surface area contributed by atoms with Crippen LogP contribution in [0.2, 0.25) is 0 Å². The molecule has 0 amide bonds. The smallest absolute Gasteiger partial charge is 0.355 e. The maximum Gasteiger partial charge on any atom is 0.355 e. The van der Waals surface area contributed by atoms with Gasteiger partial charge in [0, 0.05) is 11.8 Å². The number of hydrogen-bond acceptors (Lipinski definition) is 5. The number of nitrogens with zero attached hydrogens (tertiary/aromatic N) is 1. The molecule has 2 aromatic rings. The molecule has 0 aliphatic carbocycles. The normalized spacial score (nSPS) is 10.2. The van der Waals surface area contributed by atoms with Crippen LogP contribution in [0.5, 0.6) is 11.5 Å². The summed E-state index contributed by atoms with van der Waals surface area (Å²) >= 11 is 1.33. The number of carboxylic acid groups (broad SMARTS) is 1. The van der Waals surface area contributed by atoms with Gasteiger partial charge in [-0.3, -0.25) is 0 Å². The average molecular weight is 279 g/mol. The number of ether oxygens (including phenoxy) is 2. The van der Waals surface area contributed by atoms with E-state index in [1.165, 1.54) is 11.3 Å². The molecule has 2 rings (SSSR count). The highest BCUT2D eigenvalue weighted by atomic mass is 32.1. The SMILES string of the molecule is COc1ccc(Cc2nc(C(=O)O)cs2)cc1OC. The third kappa shape index (κ3) is 3.03. The van der Waals surface area contributed by atoms with Gasteiger partial charge >= 0.3 is 5.97 Å². The Morgan fingerprint density at radius 2 is 2.05 bits per heavy atom. The Bertz CT molecular complexity index is 594. The zero-order valence-corrected chi connectivity index (χ0v) is 11.4. The highest BCUT2D eigenvalue weighted by Crippen LogP contribution is 2.28. The van der Waals surface area contributed by atoms with Crippen molar-refractivity contribution in [2.45, 2.75) is 6.42 Å². The van der Waals surface area contributed by atoms with E-state index in [4.69, 9.17) is 14.6 Å². The minimum atomic E-state index is -1.00. The summed E-state index contributed by atoms with van der Waals surface area (Å²) in [6.07, 6.45) is 0.568. The number of benzene rings is 1. The molecule has 0 spiro atoms. The minimum Gasteiger partial charge on any atom is -0.493 e. The van der Waals surface area contributed by atoms with Crippen LogP contribution in [-0.2, 0) is 6.42 Å². The fourth-order valence-corrected chi connectivity index (χ4v) is 2.46. The second-order valence-electron chi connectivity index (χ2n) is 3.80. The molecule has 1 aromatic heterocycles. The molecular formula is C13H13NO4S. The summed E-state index contributed by atoms with van der Waals surface area (Å²) in [6.45, 7) is 0. The van der Waals surface area contributed by atoms with E-state index in [1.54, 1.807) is 19.6 Å². The van der Waals surface area contributed by atoms with E-state index in [-0.39, 0.29) is 5.69 Å². The van der Waals surface area contributed by atoms with Crippen LogP contribution in [0.4, 0.5) is 0 Å². The number of carboxylic acids is 1. The maximum atomic E-state index is 10.8. The molecule has 100 valence electrons. The third-order valence-electron chi connectivity index (χ3n) is 2.57. The van der Waals surface area contributed by atoms with Crippen LogP contribution in [0.25, 0.3) is 0 Å². The molecule has 0 radical (unpaired) electrons. The molecule has 0 atom stereocenters. The predicted molar refractivity (Wildman–Crippen MR) is 71.4 cm³/mol. The second-order valence-corrected chi connectivity index (χ2v) is 4.74. The van der Waals surface area contributed by atoms with Crippen LogP contribution in [-0.4, -0.2) is 30.3 Å². The average Bonchev–Trinajstić information content (AvgIpc) is 2.87. The van der Waals surface area contributed by atoms with Gasteiger partial charge in [-0.2, -0.15) is 0 Å². The molecule has 0 bridgehead atoms. The van der Waals surface area contributed by atoms with Crippen LogP contribution in [0.3, 0.4) is 0 Å². The largest absolute Gasteiger partial charge is 0.493 e. The van der Waals surface area contributed by atoms with E-state index in [0.717, 1.165) is 10.6 Å². The Labute approximate surface area is 114 Å². The molecule has 0 saturated carbocycles. The van der Waals surface area contributed by atoms with Gasteiger partial charge in [-0.25, -0.2) is 9.78 Å². The fourth-order valence-electron chi connectivity index (χ4n) is 1.66. The lowest BCUT2D eigenvalue weighted by atomic mass is 10.1. The third-order valence-corrected chi connectivity index (χ3v) is 3.42. The summed E-state index contributed by atoms with van der Waals surface area (Å²) in [5, 5.41) is 11.1. The fraction of sp³-hybridized carbons (Fsp3) is 0.231. The standard InChI is InChI=1S/C13H13NO4S/c1-17-10-4-3-8(5-11(10)18-2)6-12-14-9(7-19-12)13(15)16/h3-5,7H,6H2,1-2H3,(H,15,16). The molecule has 5 nitrogen and oxygen atoms in total. The monoisotopic (exact) mass is 279 g/mol. The van der Waals surface area contributed by atoms with Crippen LogP contribution >= 0.6 is 11.3 Å². The number of methoxy groups -OCH3 is 2. The predicted octanol–water partition coefficient (Wildman–Crippen LogP) is 2.45. The first-order valence-electron chi connectivity index (χ1n) is 5.52. The molecule has 0 unspecified atom stereocenters. The first kappa shape index (κ1) is 13.4. The van der Waals surface area contributed by atoms with Gasteiger partial charge in [0.15, 0.2) is 17.2 Å². The number of carbonyl (C=O) groups is 1. The van der Waals surface area contributed by atoms with E-state index in [2.05, 4.69) is 4.98 Å². The lowest BCUT2D eigenvalue weighted by Gasteiger charge is -2.08. The lowest BCUT2D eigenvalue weighted by molar-refractivity contribution is 0.0691. The van der Waals surface area contributed by atoms with Crippen molar-refractivity contribution in [3.05, 3.63) is 39.8 Å². The summed E-state index contributed by atoms with van der Waals surface area (Å²) in [5.74, 6) is 0.307. The first-order valence-corrected chi connectivity index (χ1v) is 6.40. The number of aromatic nitrogens is 1. The van der Waals surface area contributed by atoms with Crippen molar-refractivity contribution in [1.29, 1.82) is 0 Å². The lowest BCUT2D eigenvalue weighted by Crippen LogP contribution is -1.97. The number of aromatic carboxylic acids is 1. The van der Waals surface area contributed by atoms with E-state index >= 15 is 0 Å². The molecule has 1 heterocycles. The summed E-state index contributed by atoms with van der Waals surface area (Å²) in [4.78, 5) is 14.8. The van der Waals surface area contributed by atoms with Gasteiger partial charge in [0.25, 0.3) is 0 Å². The molecule has 0 aliphatic rings. The first-order chi connectivity index (χ1) is 9.13. The van der Waals surface area contributed by atoms with E-state index in [1.807, 2.05) is 18.2 Å². The highest BCUT2D eigenvalue weighted by Gasteiger charge is 2.10. The van der Waals surface area contributed by atoms with Crippen LogP contribution in [0.1, 0.15) is 21.1 Å². The molecule has 0 fully saturated rings. The van der Waals surface area contributed by atoms with Crippen LogP contribution in [0, 0.1) is 0 Å². The summed E-state index contributed by atoms with van der Waals surface area (Å²) in [6, 6.07) is 5.59. The number of rotatable bonds is 5. The Hall–Kier alpha value is -2.08. The van der Waals surface area contributed by atoms with Crippen molar-refractivity contribution >= 4 is 17.3 Å². The molecule has 19 heavy (non-hydrogen) atoms. The van der Waals surface area contributed by atoms with Crippen LogP contribution in [0.15, 0.2) is 23.6 Å². The molecule has 1 N–H and O–H groups in total. The van der Waals surface area contributed by atoms with Gasteiger partial charge in [0.2, 0.25) is 0 Å². The second kappa shape index (κ2) is 5.71. The van der Waals surface area contributed by atoms with Crippen molar-refractivity contribution in [2.24, 2.45) is 0 Å². The van der Waals surface area contributed by atoms with Gasteiger partial charge in [0.05, 0.1) is 19.2 Å². The zero-order valence-electron chi connectivity index (χ0n) is 10.5. The van der Waals surface area contributed by atoms with Crippen LogP contribution < -0.4 is 9.47 Å². The minimum absolute atomic E-state index is 0.0838. The topological polar surface area (TPSA) is 68.7 Å². The van der Waals surface area contributed by atoms with Crippen molar-refractivity contribution in [1.82, 2.24) is 4.98 Å². The highest BCUT2D eigenvalue weighted by molar-refractivity contribution is 7.09. The quantitative estimate of drug-likeness (QED) is 0.910. The van der Waals surface area contributed by atoms with Gasteiger partial charge in [-0.15, -0.1) is 11.3 Å². The molecule has 0 aliphatic heterocycles. The van der Waals surface area contributed by atoms with Gasteiger partial charge in [-0.05, 0) is 17.7 Å². The molecule has 1 aromatic carbocycles. The Morgan fingerprint density at radius 1 is 1.32 bits per heavy atom. The summed E-state index contributed by atoms with van der Waals surface area (Å²) in [7, 11) is 3.16. The maximum absolute atomic E-state index is 10.8. The number of hydrogen-bond donors (Lipinski definition) is 1. The van der Waals surface area contributed by atoms with Gasteiger partial charge in [-0.1, -0.05) is 6.07 Å². The Morgan fingerprint density at radius 3 is 2.63 bits per heavy atom. The molecule has 0 saturated heterocycles. The Kier molecular flexibility index (Phi) is 4.01. The summed E-state index contributed by atoms with van der Waals surface area (Å²) in [5.41, 5.74) is 1.07. The number of thiazole rings is 1. The molecule has 6 heteroatoms. The summed E-state index contributed by atoms with van der Waals surface area (Å²) < 4.78 is 10.4. The van der Waals surface area contributed by atoms with Crippen molar-refractivity contribution in [3.63, 3.8) is 0 Å². The van der Waals surface area contributed by atoms with E-state index < -0.39 is 5.97 Å². The zero-order chi connectivity index (χ0) is 13.8. The van der Waals surface area contributed by atoms with Crippen molar-refractivity contribution < 1.29 is 19.4 Å². The van der Waals surface area contributed by atoms with E-state index in [0.29, 0.717) is 17.9 Å². The molecular weight excluding hydrogens is 266 g/mol. The van der Waals surface area contributed by atoms with Crippen molar-refractivity contribution in [3.8, 4) is 11.5 Å². The van der Waals surface area contributed by atoms with Gasteiger partial charge < -0.3 is 14.6 Å². The Balaban J connectivity index is 2.20.